The zero-order valence-corrected chi connectivity index (χ0v) is 11.9. The fourth-order valence-corrected chi connectivity index (χ4v) is 2.02. The fraction of sp³-hybridized carbons (Fsp3) is 0.357. The van der Waals surface area contributed by atoms with Gasteiger partial charge in [0, 0.05) is 5.56 Å². The smallest absolute Gasteiger partial charge is 0.127 e. The Morgan fingerprint density at radius 3 is 2.67 bits per heavy atom. The van der Waals surface area contributed by atoms with Crippen LogP contribution in [-0.4, -0.2) is 22.0 Å². The highest BCUT2D eigenvalue weighted by atomic mass is 19.1. The van der Waals surface area contributed by atoms with E-state index >= 15 is 0 Å². The number of hydrogen-bond acceptors (Lipinski definition) is 5. The molecule has 6 nitrogen and oxygen atoms in total. The zero-order valence-electron chi connectivity index (χ0n) is 11.9. The molecular weight excluding hydrogens is 277 g/mol. The lowest BCUT2D eigenvalue weighted by atomic mass is 10.1. The van der Waals surface area contributed by atoms with Crippen molar-refractivity contribution in [1.29, 1.82) is 0 Å². The van der Waals surface area contributed by atoms with E-state index in [0.717, 1.165) is 0 Å². The molecule has 3 N–H and O–H groups in total. The maximum absolute atomic E-state index is 12.9. The van der Waals surface area contributed by atoms with E-state index in [-0.39, 0.29) is 18.5 Å². The van der Waals surface area contributed by atoms with Crippen LogP contribution in [0.15, 0.2) is 30.5 Å². The number of halogens is 1. The molecule has 114 valence electrons. The van der Waals surface area contributed by atoms with Gasteiger partial charge in [0.2, 0.25) is 0 Å². The van der Waals surface area contributed by atoms with E-state index < -0.39 is 6.10 Å². The highest BCUT2D eigenvalue weighted by Crippen LogP contribution is 2.24. The minimum absolute atomic E-state index is 0.164. The molecule has 2 atom stereocenters. The second kappa shape index (κ2) is 6.66. The molecule has 1 heterocycles. The molecule has 1 aromatic heterocycles. The van der Waals surface area contributed by atoms with Crippen molar-refractivity contribution in [3.05, 3.63) is 47.4 Å². The van der Waals surface area contributed by atoms with Gasteiger partial charge in [-0.05, 0) is 24.6 Å². The van der Waals surface area contributed by atoms with Gasteiger partial charge in [-0.2, -0.15) is 5.10 Å². The first-order chi connectivity index (χ1) is 10.0. The molecule has 0 aliphatic heterocycles. The van der Waals surface area contributed by atoms with Gasteiger partial charge in [-0.15, -0.1) is 0 Å². The average molecular weight is 295 g/mol. The lowest BCUT2D eigenvalue weighted by molar-refractivity contribution is -0.303. The first-order valence-electron chi connectivity index (χ1n) is 6.47. The molecule has 0 spiro atoms. The number of hydrogen-bond donors (Lipinski definition) is 2. The van der Waals surface area contributed by atoms with Crippen LogP contribution in [-0.2, 0) is 16.3 Å². The molecule has 0 bridgehead atoms. The topological polar surface area (TPSA) is 82.5 Å². The van der Waals surface area contributed by atoms with Gasteiger partial charge in [0.05, 0.1) is 26.0 Å². The van der Waals surface area contributed by atoms with Gasteiger partial charge in [-0.1, -0.05) is 12.1 Å². The predicted octanol–water partition coefficient (Wildman–Crippen LogP) is 1.98. The number of aliphatic hydroxyl groups excluding tert-OH is 1. The number of nitrogens with zero attached hydrogens (tertiary/aromatic N) is 2. The van der Waals surface area contributed by atoms with E-state index in [4.69, 9.17) is 10.6 Å². The highest BCUT2D eigenvalue weighted by molar-refractivity contribution is 5.40. The average Bonchev–Trinajstić information content (AvgIpc) is 2.81. The lowest BCUT2D eigenvalue weighted by Gasteiger charge is -2.13. The second-order valence-corrected chi connectivity index (χ2v) is 4.64. The Hall–Kier alpha value is -1.96. The van der Waals surface area contributed by atoms with Gasteiger partial charge >= 0.3 is 0 Å². The van der Waals surface area contributed by atoms with Gasteiger partial charge in [0.15, 0.2) is 0 Å². The van der Waals surface area contributed by atoms with Crippen LogP contribution in [0.4, 0.5) is 10.2 Å². The monoisotopic (exact) mass is 295 g/mol. The molecule has 0 radical (unpaired) electrons. The molecule has 21 heavy (non-hydrogen) atoms. The van der Waals surface area contributed by atoms with Crippen LogP contribution >= 0.6 is 0 Å². The Balaban J connectivity index is 2.11. The summed E-state index contributed by atoms with van der Waals surface area (Å²) in [5.74, 6) is 0.0399. The van der Waals surface area contributed by atoms with Gasteiger partial charge in [0.25, 0.3) is 0 Å². The van der Waals surface area contributed by atoms with Gasteiger partial charge in [0.1, 0.15) is 17.7 Å². The molecule has 0 saturated heterocycles. The molecule has 7 heteroatoms. The van der Waals surface area contributed by atoms with Crippen molar-refractivity contribution < 1.29 is 19.3 Å². The summed E-state index contributed by atoms with van der Waals surface area (Å²) >= 11 is 0. The van der Waals surface area contributed by atoms with E-state index in [0.29, 0.717) is 16.9 Å². The van der Waals surface area contributed by atoms with Gasteiger partial charge in [-0.25, -0.2) is 18.8 Å². The maximum Gasteiger partial charge on any atom is 0.127 e. The third-order valence-electron chi connectivity index (χ3n) is 3.19. The van der Waals surface area contributed by atoms with Crippen molar-refractivity contribution in [3.63, 3.8) is 0 Å². The molecule has 2 aromatic rings. The minimum atomic E-state index is -0.834. The summed E-state index contributed by atoms with van der Waals surface area (Å²) in [5.41, 5.74) is 7.24. The Labute approximate surface area is 121 Å². The number of benzene rings is 1. The van der Waals surface area contributed by atoms with Crippen molar-refractivity contribution in [2.24, 2.45) is 0 Å². The Kier molecular flexibility index (Phi) is 4.89. The number of aliphatic hydroxyl groups is 1. The van der Waals surface area contributed by atoms with Crippen LogP contribution < -0.4 is 5.73 Å². The molecule has 0 aliphatic carbocycles. The number of anilines is 1. The first kappa shape index (κ1) is 15.4. The fourth-order valence-electron chi connectivity index (χ4n) is 2.02. The number of rotatable bonds is 6. The van der Waals surface area contributed by atoms with Crippen molar-refractivity contribution >= 4 is 5.82 Å². The number of nitrogens with two attached hydrogens (primary N) is 1. The summed E-state index contributed by atoms with van der Waals surface area (Å²) in [6, 6.07) is 5.64. The van der Waals surface area contributed by atoms with Gasteiger partial charge < -0.3 is 10.8 Å². The zero-order chi connectivity index (χ0) is 15.4. The van der Waals surface area contributed by atoms with Crippen molar-refractivity contribution in [2.75, 3.05) is 12.8 Å². The van der Waals surface area contributed by atoms with Crippen LogP contribution in [0.1, 0.15) is 30.3 Å². The molecule has 2 unspecified atom stereocenters. The molecule has 0 fully saturated rings. The van der Waals surface area contributed by atoms with Crippen molar-refractivity contribution in [3.8, 4) is 0 Å². The highest BCUT2D eigenvalue weighted by Gasteiger charge is 2.17. The number of nitrogen functional groups attached to an aromatic ring is 1. The van der Waals surface area contributed by atoms with Crippen LogP contribution in [0.3, 0.4) is 0 Å². The van der Waals surface area contributed by atoms with Crippen LogP contribution in [0.25, 0.3) is 0 Å². The third kappa shape index (κ3) is 3.57. The summed E-state index contributed by atoms with van der Waals surface area (Å²) in [4.78, 5) is 9.59. The Bertz CT molecular complexity index is 586. The maximum atomic E-state index is 12.9. The van der Waals surface area contributed by atoms with Gasteiger partial charge in [-0.3, -0.25) is 0 Å². The summed E-state index contributed by atoms with van der Waals surface area (Å²) in [7, 11) is 1.41. The molecule has 0 saturated carbocycles. The predicted molar refractivity (Wildman–Crippen MR) is 74.5 cm³/mol. The number of aromatic nitrogens is 2. The molecule has 2 rings (SSSR count). The quantitative estimate of drug-likeness (QED) is 0.629. The standard InChI is InChI=1S/C14H18FN3O3/c1-9(21-20-2)12-7-17-18(14(12)16)8-13(19)10-3-5-11(15)6-4-10/h3-7,9,13,19H,8,16H2,1-2H3. The first-order valence-corrected chi connectivity index (χ1v) is 6.47. The van der Waals surface area contributed by atoms with Crippen LogP contribution in [0.5, 0.6) is 0 Å². The summed E-state index contributed by atoms with van der Waals surface area (Å²) in [6.07, 6.45) is 0.363. The lowest BCUT2D eigenvalue weighted by Crippen LogP contribution is -2.13. The van der Waals surface area contributed by atoms with E-state index in [1.54, 1.807) is 13.1 Å². The SMILES string of the molecule is COOC(C)c1cnn(CC(O)c2ccc(F)cc2)c1N. The largest absolute Gasteiger partial charge is 0.386 e. The van der Waals surface area contributed by atoms with Crippen LogP contribution in [0, 0.1) is 5.82 Å². The summed E-state index contributed by atoms with van der Waals surface area (Å²) in [6.45, 7) is 1.94. The van der Waals surface area contributed by atoms with Crippen LogP contribution in [0.2, 0.25) is 0 Å². The Morgan fingerprint density at radius 2 is 2.05 bits per heavy atom. The van der Waals surface area contributed by atoms with E-state index in [1.165, 1.54) is 36.1 Å². The summed E-state index contributed by atoms with van der Waals surface area (Å²) in [5, 5.41) is 14.3. The second-order valence-electron chi connectivity index (χ2n) is 4.64. The van der Waals surface area contributed by atoms with Crippen molar-refractivity contribution in [1.82, 2.24) is 9.78 Å². The Morgan fingerprint density at radius 1 is 1.38 bits per heavy atom. The molecule has 0 aliphatic rings. The molecule has 0 amide bonds. The van der Waals surface area contributed by atoms with E-state index in [2.05, 4.69) is 9.99 Å². The third-order valence-corrected chi connectivity index (χ3v) is 3.19. The molecule has 1 aromatic carbocycles. The normalized spacial score (nSPS) is 14.1. The summed E-state index contributed by atoms with van der Waals surface area (Å²) < 4.78 is 14.3. The van der Waals surface area contributed by atoms with Crippen molar-refractivity contribution in [2.45, 2.75) is 25.7 Å². The minimum Gasteiger partial charge on any atom is -0.386 e. The van der Waals surface area contributed by atoms with E-state index in [9.17, 15) is 9.50 Å². The molecular formula is C14H18FN3O3. The van der Waals surface area contributed by atoms with E-state index in [1.807, 2.05) is 0 Å².